The van der Waals surface area contributed by atoms with Crippen LogP contribution in [-0.4, -0.2) is 365 Å². The summed E-state index contributed by atoms with van der Waals surface area (Å²) in [6.07, 6.45) is -12.8. The Balaban J connectivity index is 2.12. The summed E-state index contributed by atoms with van der Waals surface area (Å²) < 4.78 is 48.9. The lowest BCUT2D eigenvalue weighted by Crippen LogP contribution is -2.53. The molecule has 0 unspecified atom stereocenters. The molecule has 1 aliphatic rings. The van der Waals surface area contributed by atoms with Gasteiger partial charge in [0.15, 0.2) is 0 Å². The maximum atomic E-state index is 13.1. The molecule has 0 saturated carbocycles. The number of amides is 11. The van der Waals surface area contributed by atoms with E-state index < -0.39 is 196 Å². The van der Waals surface area contributed by atoms with Gasteiger partial charge in [-0.3, -0.25) is 62.4 Å². The number of nitrogens with zero attached hydrogens (tertiary/aromatic N) is 1. The Hall–Kier alpha value is -7.14. The van der Waals surface area contributed by atoms with Crippen LogP contribution in [0.1, 0.15) is 78.6 Å². The number of aliphatic hydroxyl groups excluding tert-OH is 10. The highest BCUT2D eigenvalue weighted by molar-refractivity contribution is 6.12. The first kappa shape index (κ1) is 94.9. The molecular formula is C63H110N10O31. The van der Waals surface area contributed by atoms with Gasteiger partial charge in [0, 0.05) is 64.0 Å². The van der Waals surface area contributed by atoms with Gasteiger partial charge >= 0.3 is 5.97 Å². The van der Waals surface area contributed by atoms with E-state index >= 15 is 0 Å². The van der Waals surface area contributed by atoms with Gasteiger partial charge < -0.3 is 142 Å². The molecule has 1 rings (SSSR count). The van der Waals surface area contributed by atoms with Crippen LogP contribution in [0.25, 0.3) is 0 Å². The number of aliphatic hydroxyl groups is 10. The third kappa shape index (κ3) is 47.3. The number of hydrogen-bond acceptors (Lipinski definition) is 31. The van der Waals surface area contributed by atoms with E-state index in [-0.39, 0.29) is 105 Å². The molecule has 0 aromatic rings. The highest BCUT2D eigenvalue weighted by Crippen LogP contribution is 2.13. The lowest BCUT2D eigenvalue weighted by Gasteiger charge is -2.26. The van der Waals surface area contributed by atoms with Crippen LogP contribution in [0.2, 0.25) is 0 Å². The standard InChI is InChI=1S/C63H110N10O31/c1-63(2,3)104-56(89)13-9-42(71-48(81)7-5-4-6-16-73-54(87)11-12-55(73)88)62(95)70-38-53(86)68-37-52(85)67-36-51(84)66-35-50(83)64-15-18-97-20-22-99-24-26-101-28-30-103-32-31-102-29-27-100-25-23-98-21-19-96-17-14-49(82)72-41(61(94)69-34-44(77)58(91)60(93)46(79)40-75)8-10-47(80)65-33-43(76)57(90)59(92)45(78)39-74/h11-12,41-46,57-60,74-79,90-93H,4-10,13-40H2,1-3H3,(H,64,83)(H,65,80)(H,66,84)(H,67,85)(H,68,86)(H,69,94)(H,70,95)(H,71,81)(H,72,82)/t41-,42-,43-,44-,45+,46+,57+,58+,59+,60+/m0/s1. The number of imide groups is 1. The van der Waals surface area contributed by atoms with Crippen molar-refractivity contribution < 1.29 is 151 Å². The average Bonchev–Trinajstić information content (AvgIpc) is 1.30. The van der Waals surface area contributed by atoms with Gasteiger partial charge in [-0.15, -0.1) is 0 Å². The Bertz CT molecular complexity index is 2560. The van der Waals surface area contributed by atoms with Crippen molar-refractivity contribution in [1.82, 2.24) is 52.8 Å². The maximum Gasteiger partial charge on any atom is 0.306 e. The first-order valence-corrected chi connectivity index (χ1v) is 34.0. The minimum atomic E-state index is -2.00. The maximum absolute atomic E-state index is 13.1. The van der Waals surface area contributed by atoms with Gasteiger partial charge in [0.05, 0.1) is 157 Å². The van der Waals surface area contributed by atoms with Gasteiger partial charge in [-0.25, -0.2) is 0 Å². The van der Waals surface area contributed by atoms with E-state index in [1.54, 1.807) is 20.8 Å². The molecule has 104 heavy (non-hydrogen) atoms. The molecule has 0 aromatic heterocycles. The molecule has 19 N–H and O–H groups in total. The average molecular weight is 1500 g/mol. The SMILES string of the molecule is CC(C)(C)OC(=O)CC[C@H](NC(=O)CCCCCN1C(=O)C=CC1=O)C(=O)NCC(=O)NCC(=O)NCC(=O)NCC(=O)NCCOCCOCCOCCOCCOCCOCCOCCOCCC(=O)N[C@@H](CCC(=O)NC[C@H](O)[C@@H](O)[C@H](O)[C@H](O)CO)C(=O)NC[C@H](O)[C@@H](O)[C@H](O)[C@H](O)CO. The van der Waals surface area contributed by atoms with Crippen LogP contribution in [0, 0.1) is 0 Å². The highest BCUT2D eigenvalue weighted by atomic mass is 16.6. The predicted octanol–water partition coefficient (Wildman–Crippen LogP) is -10.4. The zero-order valence-electron chi connectivity index (χ0n) is 59.2. The molecule has 0 radical (unpaired) electrons. The molecule has 0 bridgehead atoms. The number of nitrogens with one attached hydrogen (secondary N) is 9. The molecule has 0 fully saturated rings. The lowest BCUT2D eigenvalue weighted by molar-refractivity contribution is -0.155. The third-order valence-electron chi connectivity index (χ3n) is 14.3. The monoisotopic (exact) mass is 1500 g/mol. The Kier molecular flexibility index (Phi) is 52.1. The van der Waals surface area contributed by atoms with Crippen LogP contribution in [0.15, 0.2) is 12.2 Å². The van der Waals surface area contributed by atoms with E-state index in [0.717, 1.165) is 4.90 Å². The van der Waals surface area contributed by atoms with Crippen molar-refractivity contribution in [1.29, 1.82) is 0 Å². The van der Waals surface area contributed by atoms with Gasteiger partial charge in [-0.2, -0.15) is 0 Å². The first-order chi connectivity index (χ1) is 49.5. The number of rotatable bonds is 63. The van der Waals surface area contributed by atoms with Crippen molar-refractivity contribution in [3.63, 3.8) is 0 Å². The summed E-state index contributed by atoms with van der Waals surface area (Å²) in [4.78, 5) is 150. The molecule has 0 saturated heterocycles. The fourth-order valence-electron chi connectivity index (χ4n) is 8.53. The van der Waals surface area contributed by atoms with Crippen molar-refractivity contribution in [2.75, 3.05) is 171 Å². The zero-order chi connectivity index (χ0) is 77.7. The van der Waals surface area contributed by atoms with Gasteiger partial charge in [-0.05, 0) is 46.5 Å². The quantitative estimate of drug-likeness (QED) is 0.0153. The number of ether oxygens (including phenoxy) is 9. The second kappa shape index (κ2) is 57.1. The molecule has 41 nitrogen and oxygen atoms in total. The molecule has 41 heteroatoms. The number of hydrogen-bond donors (Lipinski definition) is 19. The summed E-state index contributed by atoms with van der Waals surface area (Å²) in [5, 5.41) is 118. The van der Waals surface area contributed by atoms with Crippen LogP contribution >= 0.6 is 0 Å². The van der Waals surface area contributed by atoms with Gasteiger partial charge in [0.25, 0.3) is 11.8 Å². The number of carbonyl (C=O) groups is 12. The molecule has 1 aliphatic heterocycles. The van der Waals surface area contributed by atoms with Crippen molar-refractivity contribution in [2.24, 2.45) is 0 Å². The number of unbranched alkanes of at least 4 members (excludes halogenated alkanes) is 2. The van der Waals surface area contributed by atoms with Crippen LogP contribution in [0.3, 0.4) is 0 Å². The van der Waals surface area contributed by atoms with Crippen molar-refractivity contribution in [3.05, 3.63) is 12.2 Å². The van der Waals surface area contributed by atoms with Crippen LogP contribution in [-0.2, 0) is 100 Å². The van der Waals surface area contributed by atoms with E-state index in [4.69, 9.17) is 52.8 Å². The summed E-state index contributed by atoms with van der Waals surface area (Å²) in [5.41, 5.74) is -0.797. The summed E-state index contributed by atoms with van der Waals surface area (Å²) in [6.45, 7) is 3.85. The fraction of sp³-hybridized carbons (Fsp3) is 0.778. The third-order valence-corrected chi connectivity index (χ3v) is 14.3. The minimum Gasteiger partial charge on any atom is -0.460 e. The largest absolute Gasteiger partial charge is 0.460 e. The van der Waals surface area contributed by atoms with E-state index in [1.165, 1.54) is 12.2 Å². The van der Waals surface area contributed by atoms with E-state index in [2.05, 4.69) is 47.9 Å². The van der Waals surface area contributed by atoms with Crippen LogP contribution in [0.5, 0.6) is 0 Å². The van der Waals surface area contributed by atoms with Crippen LogP contribution < -0.4 is 47.9 Å². The Morgan fingerprint density at radius 1 is 0.385 bits per heavy atom. The number of esters is 1. The fourth-order valence-corrected chi connectivity index (χ4v) is 8.53. The normalized spacial score (nSPS) is 15.1. The number of carbonyl (C=O) groups excluding carboxylic acids is 12. The van der Waals surface area contributed by atoms with Crippen molar-refractivity contribution >= 4 is 70.9 Å². The second-order valence-corrected chi connectivity index (χ2v) is 24.1. The summed E-state index contributed by atoms with van der Waals surface area (Å²) in [6, 6.07) is -2.64. The first-order valence-electron chi connectivity index (χ1n) is 34.0. The second-order valence-electron chi connectivity index (χ2n) is 24.1. The van der Waals surface area contributed by atoms with Crippen LogP contribution in [0.4, 0.5) is 0 Å². The molecule has 10 atom stereocenters. The van der Waals surface area contributed by atoms with Gasteiger partial charge in [-0.1, -0.05) is 6.42 Å². The molecule has 598 valence electrons. The molecule has 0 aromatic carbocycles. The molecule has 11 amide bonds. The zero-order valence-corrected chi connectivity index (χ0v) is 59.2. The Morgan fingerprint density at radius 3 is 1.16 bits per heavy atom. The Morgan fingerprint density at radius 2 is 0.740 bits per heavy atom. The van der Waals surface area contributed by atoms with E-state index in [9.17, 15) is 98.4 Å². The molecule has 0 aliphatic carbocycles. The summed E-state index contributed by atoms with van der Waals surface area (Å²) in [7, 11) is 0. The molecule has 0 spiro atoms. The minimum absolute atomic E-state index is 0.00281. The molecular weight excluding hydrogens is 1390 g/mol. The predicted molar refractivity (Wildman–Crippen MR) is 357 cm³/mol. The van der Waals surface area contributed by atoms with Gasteiger partial charge in [0.2, 0.25) is 53.2 Å². The Labute approximate surface area is 601 Å². The van der Waals surface area contributed by atoms with Crippen molar-refractivity contribution in [2.45, 2.75) is 145 Å². The summed E-state index contributed by atoms with van der Waals surface area (Å²) in [5.74, 6) is -7.88. The van der Waals surface area contributed by atoms with E-state index in [1.807, 2.05) is 0 Å². The lowest BCUT2D eigenvalue weighted by atomic mass is 10.0. The van der Waals surface area contributed by atoms with Crippen molar-refractivity contribution in [3.8, 4) is 0 Å². The van der Waals surface area contributed by atoms with Gasteiger partial charge in [0.1, 0.15) is 54.3 Å². The molecule has 1 heterocycles. The van der Waals surface area contributed by atoms with E-state index in [0.29, 0.717) is 65.5 Å². The topological polar surface area (TPSA) is 602 Å². The highest BCUT2D eigenvalue weighted by Gasteiger charge is 2.33. The smallest absolute Gasteiger partial charge is 0.306 e. The summed E-state index contributed by atoms with van der Waals surface area (Å²) >= 11 is 0.